The van der Waals surface area contributed by atoms with E-state index in [1.807, 2.05) is 22.8 Å². The number of imidazole rings is 1. The van der Waals surface area contributed by atoms with E-state index in [1.165, 1.54) is 18.1 Å². The molecule has 0 spiro atoms. The molecule has 23 heavy (non-hydrogen) atoms. The highest BCUT2D eigenvalue weighted by molar-refractivity contribution is 14.1. The summed E-state index contributed by atoms with van der Waals surface area (Å²) in [5, 5.41) is 10.0. The number of aromatic nitrogens is 4. The molecule has 0 aliphatic heterocycles. The van der Waals surface area contributed by atoms with Gasteiger partial charge < -0.3 is 20.1 Å². The molecule has 0 aliphatic carbocycles. The molecule has 7 nitrogen and oxygen atoms in total. The smallest absolute Gasteiger partial charge is 0.175 e. The normalized spacial score (nSPS) is 11.1. The second-order valence-corrected chi connectivity index (χ2v) is 6.77. The summed E-state index contributed by atoms with van der Waals surface area (Å²) in [5.41, 5.74) is 7.04. The van der Waals surface area contributed by atoms with Gasteiger partial charge in [-0.15, -0.1) is 0 Å². The van der Waals surface area contributed by atoms with Gasteiger partial charge in [0.05, 0.1) is 13.7 Å². The minimum absolute atomic E-state index is 0.0157. The van der Waals surface area contributed by atoms with Gasteiger partial charge in [-0.3, -0.25) is 0 Å². The first-order valence-corrected chi connectivity index (χ1v) is 8.62. The van der Waals surface area contributed by atoms with Crippen LogP contribution in [0, 0.1) is 3.57 Å². The monoisotopic (exact) mass is 443 g/mol. The number of nitrogens with two attached hydrogens (primary N) is 1. The van der Waals surface area contributed by atoms with Crippen molar-refractivity contribution in [1.82, 2.24) is 19.5 Å². The van der Waals surface area contributed by atoms with Gasteiger partial charge in [-0.2, -0.15) is 0 Å². The van der Waals surface area contributed by atoms with Gasteiger partial charge >= 0.3 is 0 Å². The lowest BCUT2D eigenvalue weighted by Gasteiger charge is -2.09. The maximum Gasteiger partial charge on any atom is 0.175 e. The largest absolute Gasteiger partial charge is 0.497 e. The van der Waals surface area contributed by atoms with Crippen LogP contribution in [-0.2, 0) is 6.54 Å². The summed E-state index contributed by atoms with van der Waals surface area (Å²) in [5.74, 6) is 1.10. The van der Waals surface area contributed by atoms with Crippen LogP contribution in [0.4, 0.5) is 5.82 Å². The highest BCUT2D eigenvalue weighted by atomic mass is 127. The molecule has 2 heterocycles. The van der Waals surface area contributed by atoms with Gasteiger partial charge in [0.1, 0.15) is 12.1 Å². The standard InChI is InChI=1S/C14H14IN5O2S/c1-22-8-2-3-9(15)10(6-8)23-14-19-11-12(16)17-7-18-13(11)20(14)4-5-21/h2-3,6-7,21H,4-5H2,1H3,(H2,16,17,18). The number of ether oxygens (including phenoxy) is 1. The second-order valence-electron chi connectivity index (χ2n) is 4.60. The summed E-state index contributed by atoms with van der Waals surface area (Å²) in [4.78, 5) is 13.8. The number of aliphatic hydroxyl groups is 1. The number of hydrogen-bond donors (Lipinski definition) is 2. The van der Waals surface area contributed by atoms with E-state index in [-0.39, 0.29) is 6.61 Å². The number of nitrogens with zero attached hydrogens (tertiary/aromatic N) is 4. The molecule has 0 aliphatic rings. The maximum atomic E-state index is 9.34. The van der Waals surface area contributed by atoms with Crippen LogP contribution < -0.4 is 10.5 Å². The molecule has 3 rings (SSSR count). The molecule has 0 saturated carbocycles. The Labute approximate surface area is 150 Å². The fraction of sp³-hybridized carbons (Fsp3) is 0.214. The number of fused-ring (bicyclic) bond motifs is 1. The van der Waals surface area contributed by atoms with Gasteiger partial charge in [-0.05, 0) is 40.8 Å². The maximum absolute atomic E-state index is 9.34. The topological polar surface area (TPSA) is 99.1 Å². The lowest BCUT2D eigenvalue weighted by atomic mass is 10.3. The van der Waals surface area contributed by atoms with Crippen LogP contribution in [0.3, 0.4) is 0 Å². The van der Waals surface area contributed by atoms with Crippen molar-refractivity contribution in [1.29, 1.82) is 0 Å². The second kappa shape index (κ2) is 6.89. The number of hydrogen-bond acceptors (Lipinski definition) is 7. The van der Waals surface area contributed by atoms with Crippen molar-refractivity contribution < 1.29 is 9.84 Å². The summed E-state index contributed by atoms with van der Waals surface area (Å²) in [7, 11) is 1.63. The Hall–Kier alpha value is -1.59. The summed E-state index contributed by atoms with van der Waals surface area (Å²) < 4.78 is 8.20. The first-order chi connectivity index (χ1) is 11.1. The van der Waals surface area contributed by atoms with E-state index in [4.69, 9.17) is 10.5 Å². The molecule has 0 amide bonds. The Balaban J connectivity index is 2.09. The van der Waals surface area contributed by atoms with Crippen molar-refractivity contribution in [2.24, 2.45) is 0 Å². The molecule has 1 aromatic carbocycles. The van der Waals surface area contributed by atoms with Crippen molar-refractivity contribution in [3.05, 3.63) is 28.1 Å². The van der Waals surface area contributed by atoms with Crippen LogP contribution in [0.5, 0.6) is 5.75 Å². The fourth-order valence-corrected chi connectivity index (χ4v) is 3.73. The minimum atomic E-state index is -0.0157. The third kappa shape index (κ3) is 3.21. The quantitative estimate of drug-likeness (QED) is 0.584. The molecule has 9 heteroatoms. The van der Waals surface area contributed by atoms with Gasteiger partial charge in [0.25, 0.3) is 0 Å². The number of anilines is 1. The van der Waals surface area contributed by atoms with Crippen LogP contribution in [-0.4, -0.2) is 38.3 Å². The number of halogens is 1. The lowest BCUT2D eigenvalue weighted by Crippen LogP contribution is -2.05. The first kappa shape index (κ1) is 16.3. The molecule has 2 aromatic heterocycles. The Morgan fingerprint density at radius 3 is 2.96 bits per heavy atom. The number of methoxy groups -OCH3 is 1. The zero-order chi connectivity index (χ0) is 16.4. The van der Waals surface area contributed by atoms with Gasteiger partial charge in [-0.25, -0.2) is 15.0 Å². The molecule has 120 valence electrons. The molecule has 0 atom stereocenters. The van der Waals surface area contributed by atoms with Crippen LogP contribution in [0.2, 0.25) is 0 Å². The molecule has 0 bridgehead atoms. The highest BCUT2D eigenvalue weighted by Gasteiger charge is 2.16. The van der Waals surface area contributed by atoms with E-state index in [1.54, 1.807) is 7.11 Å². The molecule has 0 saturated heterocycles. The third-order valence-electron chi connectivity index (χ3n) is 3.19. The minimum Gasteiger partial charge on any atom is -0.497 e. The highest BCUT2D eigenvalue weighted by Crippen LogP contribution is 2.35. The van der Waals surface area contributed by atoms with Gasteiger partial charge in [0.2, 0.25) is 0 Å². The third-order valence-corrected chi connectivity index (χ3v) is 5.55. The van der Waals surface area contributed by atoms with E-state index >= 15 is 0 Å². The Morgan fingerprint density at radius 2 is 2.22 bits per heavy atom. The van der Waals surface area contributed by atoms with Crippen LogP contribution >= 0.6 is 34.4 Å². The van der Waals surface area contributed by atoms with Crippen molar-refractivity contribution in [2.75, 3.05) is 19.5 Å². The number of rotatable bonds is 5. The molecular weight excluding hydrogens is 429 g/mol. The van der Waals surface area contributed by atoms with E-state index < -0.39 is 0 Å². The lowest BCUT2D eigenvalue weighted by molar-refractivity contribution is 0.273. The van der Waals surface area contributed by atoms with Crippen LogP contribution in [0.15, 0.2) is 34.6 Å². The van der Waals surface area contributed by atoms with Crippen molar-refractivity contribution in [3.63, 3.8) is 0 Å². The fourth-order valence-electron chi connectivity index (χ4n) is 2.10. The average molecular weight is 443 g/mol. The van der Waals surface area contributed by atoms with Crippen LogP contribution in [0.25, 0.3) is 11.2 Å². The molecule has 0 fully saturated rings. The van der Waals surface area contributed by atoms with Crippen LogP contribution in [0.1, 0.15) is 0 Å². The number of nitrogen functional groups attached to an aromatic ring is 1. The van der Waals surface area contributed by atoms with Gasteiger partial charge in [-0.1, -0.05) is 11.8 Å². The molecule has 3 aromatic rings. The summed E-state index contributed by atoms with van der Waals surface area (Å²) in [6.07, 6.45) is 1.40. The molecular formula is C14H14IN5O2S. The number of benzene rings is 1. The molecule has 3 N–H and O–H groups in total. The summed E-state index contributed by atoms with van der Waals surface area (Å²) >= 11 is 3.74. The zero-order valence-electron chi connectivity index (χ0n) is 12.2. The predicted octanol–water partition coefficient (Wildman–Crippen LogP) is 2.17. The van der Waals surface area contributed by atoms with Gasteiger partial charge in [0, 0.05) is 15.0 Å². The zero-order valence-corrected chi connectivity index (χ0v) is 15.2. The van der Waals surface area contributed by atoms with Crippen molar-refractivity contribution in [3.8, 4) is 5.75 Å². The van der Waals surface area contributed by atoms with Crippen molar-refractivity contribution in [2.45, 2.75) is 16.6 Å². The van der Waals surface area contributed by atoms with Gasteiger partial charge in [0.15, 0.2) is 22.1 Å². The van der Waals surface area contributed by atoms with E-state index in [0.29, 0.717) is 28.7 Å². The van der Waals surface area contributed by atoms with E-state index in [0.717, 1.165) is 14.2 Å². The Bertz CT molecular complexity index is 855. The number of aliphatic hydroxyl groups excluding tert-OH is 1. The van der Waals surface area contributed by atoms with E-state index in [2.05, 4.69) is 37.5 Å². The Morgan fingerprint density at radius 1 is 1.39 bits per heavy atom. The Kier molecular flexibility index (Phi) is 4.87. The summed E-state index contributed by atoms with van der Waals surface area (Å²) in [6, 6.07) is 5.84. The first-order valence-electron chi connectivity index (χ1n) is 6.73. The summed E-state index contributed by atoms with van der Waals surface area (Å²) in [6.45, 7) is 0.369. The average Bonchev–Trinajstić information content (AvgIpc) is 2.89. The SMILES string of the molecule is COc1ccc(I)c(Sc2nc3c(N)ncnc3n2CCO)c1. The van der Waals surface area contributed by atoms with Crippen molar-refractivity contribution >= 4 is 51.3 Å². The predicted molar refractivity (Wildman–Crippen MR) is 96.7 cm³/mol. The van der Waals surface area contributed by atoms with E-state index in [9.17, 15) is 5.11 Å². The molecule has 0 unspecified atom stereocenters. The molecule has 0 radical (unpaired) electrons.